The molecule has 0 atom stereocenters. The van der Waals surface area contributed by atoms with Crippen LogP contribution >= 0.6 is 34.4 Å². The molecule has 1 fully saturated rings. The van der Waals surface area contributed by atoms with Crippen LogP contribution in [0.15, 0.2) is 18.2 Å². The zero-order valence-electron chi connectivity index (χ0n) is 11.7. The van der Waals surface area contributed by atoms with Crippen molar-refractivity contribution in [3.8, 4) is 0 Å². The minimum absolute atomic E-state index is 0.336. The molecule has 0 aliphatic heterocycles. The predicted molar refractivity (Wildman–Crippen MR) is 96.2 cm³/mol. The Bertz CT molecular complexity index is 617. The number of aromatic nitrogens is 2. The van der Waals surface area contributed by atoms with E-state index in [1.54, 1.807) is 0 Å². The Labute approximate surface area is 137 Å². The second-order valence-electron chi connectivity index (χ2n) is 5.64. The van der Waals surface area contributed by atoms with Gasteiger partial charge in [-0.25, -0.2) is 4.98 Å². The van der Waals surface area contributed by atoms with Crippen LogP contribution in [0.3, 0.4) is 0 Å². The molecule has 0 saturated heterocycles. The Morgan fingerprint density at radius 2 is 2.10 bits per heavy atom. The lowest BCUT2D eigenvalue weighted by Gasteiger charge is -2.36. The normalized spacial score (nSPS) is 18.5. The first-order valence-electron chi connectivity index (χ1n) is 7.10. The van der Waals surface area contributed by atoms with Crippen LogP contribution in [-0.4, -0.2) is 20.6 Å². The van der Waals surface area contributed by atoms with Gasteiger partial charge in [0, 0.05) is 14.9 Å². The zero-order chi connectivity index (χ0) is 14.2. The number of thioether (sulfide) groups is 1. The number of fused-ring (bicyclic) bond motifs is 1. The van der Waals surface area contributed by atoms with Crippen LogP contribution in [0, 0.1) is 3.57 Å². The van der Waals surface area contributed by atoms with Gasteiger partial charge in [0.15, 0.2) is 0 Å². The molecule has 0 bridgehead atoms. The maximum Gasteiger partial charge on any atom is 0.201 e. The predicted octanol–water partition coefficient (Wildman–Crippen LogP) is 4.29. The van der Waals surface area contributed by atoms with E-state index in [4.69, 9.17) is 5.73 Å². The fraction of sp³-hybridized carbons (Fsp3) is 0.533. The summed E-state index contributed by atoms with van der Waals surface area (Å²) in [5.41, 5.74) is 8.36. The quantitative estimate of drug-likeness (QED) is 0.781. The number of hydrogen-bond acceptors (Lipinski definition) is 3. The van der Waals surface area contributed by atoms with Gasteiger partial charge in [0.2, 0.25) is 5.95 Å². The minimum Gasteiger partial charge on any atom is -0.369 e. The van der Waals surface area contributed by atoms with E-state index in [0.29, 0.717) is 10.7 Å². The third-order valence-corrected chi connectivity index (χ3v) is 6.46. The molecular formula is C15H20IN3S. The van der Waals surface area contributed by atoms with Gasteiger partial charge in [0.1, 0.15) is 0 Å². The van der Waals surface area contributed by atoms with Gasteiger partial charge in [-0.05, 0) is 59.9 Å². The summed E-state index contributed by atoms with van der Waals surface area (Å²) in [5.74, 6) is 0.654. The second-order valence-corrected chi connectivity index (χ2v) is 8.16. The van der Waals surface area contributed by atoms with Crippen LogP contribution in [0.4, 0.5) is 5.95 Å². The van der Waals surface area contributed by atoms with Gasteiger partial charge in [0.25, 0.3) is 0 Å². The van der Waals surface area contributed by atoms with Crippen LogP contribution < -0.4 is 5.73 Å². The molecule has 1 aliphatic rings. The Kier molecular flexibility index (Phi) is 4.17. The molecule has 5 heteroatoms. The highest BCUT2D eigenvalue weighted by Crippen LogP contribution is 2.41. The molecule has 1 heterocycles. The van der Waals surface area contributed by atoms with Gasteiger partial charge in [-0.1, -0.05) is 19.3 Å². The molecule has 3 nitrogen and oxygen atoms in total. The molecule has 1 aliphatic carbocycles. The van der Waals surface area contributed by atoms with Gasteiger partial charge in [-0.3, -0.25) is 0 Å². The highest BCUT2D eigenvalue weighted by atomic mass is 127. The lowest BCUT2D eigenvalue weighted by molar-refractivity contribution is 0.363. The Balaban J connectivity index is 1.99. The minimum atomic E-state index is 0.336. The summed E-state index contributed by atoms with van der Waals surface area (Å²) in [6.07, 6.45) is 8.87. The van der Waals surface area contributed by atoms with E-state index in [9.17, 15) is 0 Å². The van der Waals surface area contributed by atoms with E-state index < -0.39 is 0 Å². The number of benzene rings is 1. The number of nitrogen functional groups attached to an aromatic ring is 1. The van der Waals surface area contributed by atoms with Gasteiger partial charge >= 0.3 is 0 Å². The molecule has 0 amide bonds. The molecule has 0 radical (unpaired) electrons. The standard InChI is InChI=1S/C15H20IN3S/c1-20-15(7-3-2-4-8-15)10-19-13-6-5-11(16)9-12(13)18-14(19)17/h5-6,9H,2-4,7-8,10H2,1H3,(H2,17,18). The fourth-order valence-electron chi connectivity index (χ4n) is 3.20. The third-order valence-electron chi connectivity index (χ3n) is 4.38. The molecule has 1 saturated carbocycles. The van der Waals surface area contributed by atoms with Crippen molar-refractivity contribution < 1.29 is 0 Å². The molecule has 3 rings (SSSR count). The number of nitrogens with zero attached hydrogens (tertiary/aromatic N) is 2. The number of imidazole rings is 1. The topological polar surface area (TPSA) is 43.8 Å². The first-order chi connectivity index (χ1) is 9.63. The summed E-state index contributed by atoms with van der Waals surface area (Å²) in [7, 11) is 0. The summed E-state index contributed by atoms with van der Waals surface area (Å²) in [4.78, 5) is 4.53. The fourth-order valence-corrected chi connectivity index (χ4v) is 4.63. The smallest absolute Gasteiger partial charge is 0.201 e. The third kappa shape index (κ3) is 2.66. The van der Waals surface area contributed by atoms with Crippen molar-refractivity contribution in [3.05, 3.63) is 21.8 Å². The summed E-state index contributed by atoms with van der Waals surface area (Å²) in [6, 6.07) is 6.39. The lowest BCUT2D eigenvalue weighted by Crippen LogP contribution is -2.33. The molecule has 0 unspecified atom stereocenters. The van der Waals surface area contributed by atoms with Gasteiger partial charge < -0.3 is 10.3 Å². The van der Waals surface area contributed by atoms with Gasteiger partial charge in [0.05, 0.1) is 11.0 Å². The molecule has 20 heavy (non-hydrogen) atoms. The van der Waals surface area contributed by atoms with E-state index >= 15 is 0 Å². The number of rotatable bonds is 3. The highest BCUT2D eigenvalue weighted by molar-refractivity contribution is 14.1. The Morgan fingerprint density at radius 3 is 2.80 bits per heavy atom. The van der Waals surface area contributed by atoms with E-state index in [2.05, 4.69) is 56.6 Å². The lowest BCUT2D eigenvalue weighted by atomic mass is 9.88. The number of anilines is 1. The van der Waals surface area contributed by atoms with E-state index in [0.717, 1.165) is 12.1 Å². The van der Waals surface area contributed by atoms with Crippen molar-refractivity contribution in [1.29, 1.82) is 0 Å². The number of hydrogen-bond donors (Lipinski definition) is 1. The molecule has 1 aromatic carbocycles. The van der Waals surface area contributed by atoms with E-state index in [1.165, 1.54) is 41.2 Å². The van der Waals surface area contributed by atoms with Crippen molar-refractivity contribution in [2.75, 3.05) is 12.0 Å². The average molecular weight is 401 g/mol. The van der Waals surface area contributed by atoms with Gasteiger partial charge in [-0.15, -0.1) is 0 Å². The highest BCUT2D eigenvalue weighted by Gasteiger charge is 2.32. The van der Waals surface area contributed by atoms with Crippen LogP contribution in [0.1, 0.15) is 32.1 Å². The summed E-state index contributed by atoms with van der Waals surface area (Å²) in [6.45, 7) is 0.983. The number of halogens is 1. The van der Waals surface area contributed by atoms with Crippen molar-refractivity contribution in [2.45, 2.75) is 43.4 Å². The van der Waals surface area contributed by atoms with Gasteiger partial charge in [-0.2, -0.15) is 11.8 Å². The van der Waals surface area contributed by atoms with E-state index in [-0.39, 0.29) is 0 Å². The van der Waals surface area contributed by atoms with E-state index in [1.807, 2.05) is 11.8 Å². The van der Waals surface area contributed by atoms with Crippen molar-refractivity contribution >= 4 is 51.3 Å². The van der Waals surface area contributed by atoms with Crippen molar-refractivity contribution in [1.82, 2.24) is 9.55 Å². The van der Waals surface area contributed by atoms with Crippen LogP contribution in [0.2, 0.25) is 0 Å². The molecule has 1 aromatic heterocycles. The summed E-state index contributed by atoms with van der Waals surface area (Å²) in [5, 5.41) is 0. The van der Waals surface area contributed by atoms with Crippen molar-refractivity contribution in [2.24, 2.45) is 0 Å². The maximum absolute atomic E-state index is 6.17. The molecule has 108 valence electrons. The maximum atomic E-state index is 6.17. The van der Waals surface area contributed by atoms with Crippen LogP contribution in [-0.2, 0) is 6.54 Å². The first-order valence-corrected chi connectivity index (χ1v) is 9.40. The Morgan fingerprint density at radius 1 is 1.35 bits per heavy atom. The number of nitrogens with two attached hydrogens (primary N) is 1. The molecule has 2 aromatic rings. The van der Waals surface area contributed by atoms with Crippen LogP contribution in [0.25, 0.3) is 11.0 Å². The molecule has 2 N–H and O–H groups in total. The monoisotopic (exact) mass is 401 g/mol. The second kappa shape index (κ2) is 5.75. The summed E-state index contributed by atoms with van der Waals surface area (Å²) < 4.78 is 3.76. The SMILES string of the molecule is CSC1(Cn2c(N)nc3cc(I)ccc32)CCCCC1. The Hall–Kier alpha value is -0.430. The first kappa shape index (κ1) is 14.5. The largest absolute Gasteiger partial charge is 0.369 e. The average Bonchev–Trinajstić information content (AvgIpc) is 2.75. The summed E-state index contributed by atoms with van der Waals surface area (Å²) >= 11 is 4.33. The van der Waals surface area contributed by atoms with Crippen molar-refractivity contribution in [3.63, 3.8) is 0 Å². The molecule has 0 spiro atoms. The molecular weight excluding hydrogens is 381 g/mol. The zero-order valence-corrected chi connectivity index (χ0v) is 14.7. The van der Waals surface area contributed by atoms with Crippen LogP contribution in [0.5, 0.6) is 0 Å².